The number of nitrogens with zero attached hydrogens (tertiary/aromatic N) is 1. The first-order chi connectivity index (χ1) is 8.61. The van der Waals surface area contributed by atoms with E-state index in [9.17, 15) is 4.79 Å². The van der Waals surface area contributed by atoms with E-state index in [4.69, 9.17) is 23.2 Å². The molecule has 2 heterocycles. The lowest BCUT2D eigenvalue weighted by molar-refractivity contribution is 0.0994. The van der Waals surface area contributed by atoms with E-state index in [2.05, 4.69) is 0 Å². The Kier molecular flexibility index (Phi) is 3.69. The topological polar surface area (TPSA) is 22.0 Å². The van der Waals surface area contributed by atoms with Gasteiger partial charge >= 0.3 is 0 Å². The summed E-state index contributed by atoms with van der Waals surface area (Å²) in [6.07, 6.45) is 0.564. The molecule has 2 nitrogen and oxygen atoms in total. The summed E-state index contributed by atoms with van der Waals surface area (Å²) in [5.41, 5.74) is 2.70. The molecule has 0 spiro atoms. The Hall–Kier alpha value is -0.990. The number of ketones is 1. The van der Waals surface area contributed by atoms with Gasteiger partial charge in [-0.05, 0) is 18.6 Å². The van der Waals surface area contributed by atoms with Gasteiger partial charge in [0.2, 0.25) is 0 Å². The SMILES string of the molecule is CC.Cc1c2n(c3c(Cl)c(Cl)ccc13)CCC2=O. The molecule has 0 bridgehead atoms. The van der Waals surface area contributed by atoms with Gasteiger partial charge in [0.15, 0.2) is 5.78 Å². The molecule has 2 aromatic rings. The first kappa shape index (κ1) is 13.4. The number of hydrogen-bond donors (Lipinski definition) is 0. The number of carbonyl (C=O) groups is 1. The van der Waals surface area contributed by atoms with Crippen molar-refractivity contribution in [2.24, 2.45) is 0 Å². The van der Waals surface area contributed by atoms with Crippen LogP contribution in [0.25, 0.3) is 10.9 Å². The van der Waals surface area contributed by atoms with Gasteiger partial charge in [-0.2, -0.15) is 0 Å². The van der Waals surface area contributed by atoms with Crippen molar-refractivity contribution in [1.82, 2.24) is 4.57 Å². The molecule has 0 fully saturated rings. The number of Topliss-reactive ketones (excluding diaryl/α,β-unsaturated/α-hetero) is 1. The summed E-state index contributed by atoms with van der Waals surface area (Å²) < 4.78 is 1.99. The van der Waals surface area contributed by atoms with Gasteiger partial charge in [-0.25, -0.2) is 0 Å². The summed E-state index contributed by atoms with van der Waals surface area (Å²) >= 11 is 12.2. The first-order valence-electron chi connectivity index (χ1n) is 6.11. The van der Waals surface area contributed by atoms with Crippen LogP contribution in [0.15, 0.2) is 12.1 Å². The Morgan fingerprint density at radius 1 is 1.22 bits per heavy atom. The quantitative estimate of drug-likeness (QED) is 0.676. The van der Waals surface area contributed by atoms with E-state index in [0.717, 1.165) is 22.2 Å². The Labute approximate surface area is 116 Å². The van der Waals surface area contributed by atoms with Gasteiger partial charge < -0.3 is 4.57 Å². The van der Waals surface area contributed by atoms with Crippen molar-refractivity contribution in [3.8, 4) is 0 Å². The fourth-order valence-electron chi connectivity index (χ4n) is 2.46. The summed E-state index contributed by atoms with van der Waals surface area (Å²) in [5.74, 6) is 0.195. The summed E-state index contributed by atoms with van der Waals surface area (Å²) in [6, 6.07) is 3.71. The standard InChI is InChI=1S/C12H9Cl2NO.C2H6/c1-6-7-2-3-8(13)10(14)12(7)15-5-4-9(16)11(6)15;1-2/h2-3H,4-5H2,1H3;1-2H3. The van der Waals surface area contributed by atoms with Crippen LogP contribution >= 0.6 is 23.2 Å². The van der Waals surface area contributed by atoms with Crippen LogP contribution in [0.5, 0.6) is 0 Å². The fourth-order valence-corrected chi connectivity index (χ4v) is 2.88. The van der Waals surface area contributed by atoms with Crippen molar-refractivity contribution in [2.75, 3.05) is 0 Å². The number of hydrogen-bond acceptors (Lipinski definition) is 1. The molecule has 0 radical (unpaired) electrons. The number of benzene rings is 1. The number of carbonyl (C=O) groups excluding carboxylic acids is 1. The van der Waals surface area contributed by atoms with E-state index in [1.165, 1.54) is 0 Å². The Morgan fingerprint density at radius 2 is 1.89 bits per heavy atom. The summed E-state index contributed by atoms with van der Waals surface area (Å²) in [6.45, 7) is 6.67. The van der Waals surface area contributed by atoms with Crippen molar-refractivity contribution in [3.05, 3.63) is 33.4 Å². The summed E-state index contributed by atoms with van der Waals surface area (Å²) in [4.78, 5) is 11.8. The summed E-state index contributed by atoms with van der Waals surface area (Å²) in [5, 5.41) is 2.11. The zero-order valence-electron chi connectivity index (χ0n) is 10.7. The van der Waals surface area contributed by atoms with Crippen LogP contribution in [0.1, 0.15) is 36.3 Å². The average Bonchev–Trinajstić information content (AvgIpc) is 2.88. The Morgan fingerprint density at radius 3 is 2.56 bits per heavy atom. The summed E-state index contributed by atoms with van der Waals surface area (Å²) in [7, 11) is 0. The molecular weight excluding hydrogens is 269 g/mol. The third kappa shape index (κ3) is 1.75. The van der Waals surface area contributed by atoms with Crippen LogP contribution in [0, 0.1) is 6.92 Å². The van der Waals surface area contributed by atoms with Crippen molar-refractivity contribution in [1.29, 1.82) is 0 Å². The lowest BCUT2D eigenvalue weighted by Crippen LogP contribution is -1.94. The van der Waals surface area contributed by atoms with E-state index in [1.54, 1.807) is 6.07 Å². The molecule has 0 unspecified atom stereocenters. The number of aromatic nitrogens is 1. The molecule has 0 saturated carbocycles. The lowest BCUT2D eigenvalue weighted by atomic mass is 10.1. The van der Waals surface area contributed by atoms with Crippen LogP contribution < -0.4 is 0 Å². The molecule has 3 rings (SSSR count). The van der Waals surface area contributed by atoms with Gasteiger partial charge in [0.1, 0.15) is 0 Å². The van der Waals surface area contributed by atoms with Crippen molar-refractivity contribution >= 4 is 39.9 Å². The highest BCUT2D eigenvalue weighted by Crippen LogP contribution is 2.38. The molecule has 18 heavy (non-hydrogen) atoms. The molecule has 1 aromatic heterocycles. The number of aryl methyl sites for hydroxylation is 2. The van der Waals surface area contributed by atoms with Gasteiger partial charge in [0.25, 0.3) is 0 Å². The zero-order chi connectivity index (χ0) is 13.4. The van der Waals surface area contributed by atoms with Crippen LogP contribution in [0.2, 0.25) is 10.0 Å². The van der Waals surface area contributed by atoms with Crippen LogP contribution in [0.4, 0.5) is 0 Å². The second-order valence-electron chi connectivity index (χ2n) is 4.06. The molecule has 4 heteroatoms. The van der Waals surface area contributed by atoms with Crippen molar-refractivity contribution in [2.45, 2.75) is 33.7 Å². The maximum Gasteiger partial charge on any atom is 0.181 e. The number of fused-ring (bicyclic) bond motifs is 3. The number of rotatable bonds is 0. The second-order valence-corrected chi connectivity index (χ2v) is 4.84. The molecule has 1 aromatic carbocycles. The fraction of sp³-hybridized carbons (Fsp3) is 0.357. The molecule has 96 valence electrons. The predicted octanol–water partition coefficient (Wildman–Crippen LogP) is 4.87. The van der Waals surface area contributed by atoms with Gasteiger partial charge in [0.05, 0.1) is 21.3 Å². The van der Waals surface area contributed by atoms with Gasteiger partial charge in [0, 0.05) is 18.4 Å². The van der Waals surface area contributed by atoms with Crippen molar-refractivity contribution in [3.63, 3.8) is 0 Å². The minimum Gasteiger partial charge on any atom is -0.336 e. The van der Waals surface area contributed by atoms with E-state index in [-0.39, 0.29) is 5.78 Å². The van der Waals surface area contributed by atoms with Gasteiger partial charge in [-0.1, -0.05) is 43.1 Å². The average molecular weight is 284 g/mol. The van der Waals surface area contributed by atoms with Crippen molar-refractivity contribution < 1.29 is 4.79 Å². The van der Waals surface area contributed by atoms with Crippen LogP contribution in [0.3, 0.4) is 0 Å². The second kappa shape index (κ2) is 4.94. The van der Waals surface area contributed by atoms with E-state index in [0.29, 0.717) is 23.0 Å². The molecule has 1 aliphatic rings. The third-order valence-electron chi connectivity index (χ3n) is 3.19. The smallest absolute Gasteiger partial charge is 0.181 e. The molecular formula is C14H15Cl2NO. The largest absolute Gasteiger partial charge is 0.336 e. The first-order valence-corrected chi connectivity index (χ1v) is 6.87. The Bertz CT molecular complexity index is 628. The zero-order valence-corrected chi connectivity index (χ0v) is 12.2. The number of halogens is 2. The maximum atomic E-state index is 11.8. The molecule has 0 N–H and O–H groups in total. The highest BCUT2D eigenvalue weighted by atomic mass is 35.5. The van der Waals surface area contributed by atoms with E-state index in [1.807, 2.05) is 31.4 Å². The predicted molar refractivity (Wildman–Crippen MR) is 77.0 cm³/mol. The molecule has 0 atom stereocenters. The molecule has 1 aliphatic heterocycles. The Balaban J connectivity index is 0.000000574. The van der Waals surface area contributed by atoms with Gasteiger partial charge in [-0.15, -0.1) is 0 Å². The lowest BCUT2D eigenvalue weighted by Gasteiger charge is -2.03. The minimum atomic E-state index is 0.195. The minimum absolute atomic E-state index is 0.195. The molecule has 0 aliphatic carbocycles. The van der Waals surface area contributed by atoms with E-state index < -0.39 is 0 Å². The molecule has 0 amide bonds. The third-order valence-corrected chi connectivity index (χ3v) is 3.99. The molecule has 0 saturated heterocycles. The van der Waals surface area contributed by atoms with Gasteiger partial charge in [-0.3, -0.25) is 4.79 Å². The normalized spacial score (nSPS) is 13.5. The van der Waals surface area contributed by atoms with Crippen LogP contribution in [-0.4, -0.2) is 10.4 Å². The van der Waals surface area contributed by atoms with Crippen LogP contribution in [-0.2, 0) is 6.54 Å². The highest BCUT2D eigenvalue weighted by molar-refractivity contribution is 6.45. The maximum absolute atomic E-state index is 11.8. The monoisotopic (exact) mass is 283 g/mol. The highest BCUT2D eigenvalue weighted by Gasteiger charge is 2.27. The van der Waals surface area contributed by atoms with E-state index >= 15 is 0 Å².